The monoisotopic (exact) mass is 290 g/mol. The number of benzene rings is 1. The Balaban J connectivity index is 2.39. The summed E-state index contributed by atoms with van der Waals surface area (Å²) in [5, 5.41) is 3.92. The first-order valence-electron chi connectivity index (χ1n) is 6.77. The van der Waals surface area contributed by atoms with Crippen LogP contribution >= 0.6 is 11.6 Å². The summed E-state index contributed by atoms with van der Waals surface area (Å²) in [4.78, 5) is 4.40. The highest BCUT2D eigenvalue weighted by Gasteiger charge is 2.19. The van der Waals surface area contributed by atoms with Gasteiger partial charge in [0.2, 0.25) is 0 Å². The third-order valence-electron chi connectivity index (χ3n) is 3.04. The van der Waals surface area contributed by atoms with E-state index in [0.717, 1.165) is 23.4 Å². The van der Waals surface area contributed by atoms with Crippen LogP contribution in [-0.2, 0) is 0 Å². The van der Waals surface area contributed by atoms with Crippen molar-refractivity contribution in [3.63, 3.8) is 0 Å². The van der Waals surface area contributed by atoms with Crippen LogP contribution in [0.4, 0.5) is 0 Å². The van der Waals surface area contributed by atoms with Crippen molar-refractivity contribution in [3.8, 4) is 5.75 Å². The lowest BCUT2D eigenvalue weighted by Gasteiger charge is -2.20. The van der Waals surface area contributed by atoms with Gasteiger partial charge in [0.1, 0.15) is 5.75 Å². The van der Waals surface area contributed by atoms with Crippen molar-refractivity contribution in [2.75, 3.05) is 13.7 Å². The van der Waals surface area contributed by atoms with E-state index in [-0.39, 0.29) is 6.04 Å². The van der Waals surface area contributed by atoms with Gasteiger partial charge in [-0.1, -0.05) is 36.7 Å². The fourth-order valence-electron chi connectivity index (χ4n) is 2.11. The molecule has 0 bridgehead atoms. The zero-order chi connectivity index (χ0) is 14.4. The molecule has 0 saturated heterocycles. The molecule has 1 unspecified atom stereocenters. The summed E-state index contributed by atoms with van der Waals surface area (Å²) in [6, 6.07) is 11.6. The summed E-state index contributed by atoms with van der Waals surface area (Å²) >= 11 is 6.26. The predicted molar refractivity (Wildman–Crippen MR) is 82.4 cm³/mol. The molecule has 0 radical (unpaired) electrons. The molecule has 0 spiro atoms. The number of aromatic nitrogens is 1. The number of nitrogens with zero attached hydrogens (tertiary/aromatic N) is 1. The van der Waals surface area contributed by atoms with Gasteiger partial charge in [-0.2, -0.15) is 0 Å². The highest BCUT2D eigenvalue weighted by Crippen LogP contribution is 2.32. The molecule has 20 heavy (non-hydrogen) atoms. The Morgan fingerprint density at radius 2 is 2.05 bits per heavy atom. The Hall–Kier alpha value is -1.58. The lowest BCUT2D eigenvalue weighted by molar-refractivity contribution is 0.312. The van der Waals surface area contributed by atoms with E-state index in [0.29, 0.717) is 11.6 Å². The van der Waals surface area contributed by atoms with Crippen molar-refractivity contribution >= 4 is 11.6 Å². The summed E-state index contributed by atoms with van der Waals surface area (Å²) in [5.74, 6) is 0.871. The molecule has 0 aliphatic carbocycles. The number of rotatable bonds is 6. The topological polar surface area (TPSA) is 34.1 Å². The molecule has 0 fully saturated rings. The minimum atomic E-state index is -0.0863. The largest absolute Gasteiger partial charge is 0.493 e. The maximum absolute atomic E-state index is 6.26. The van der Waals surface area contributed by atoms with Crippen molar-refractivity contribution in [2.45, 2.75) is 19.4 Å². The maximum atomic E-state index is 6.26. The van der Waals surface area contributed by atoms with Crippen LogP contribution in [0.25, 0.3) is 0 Å². The number of ether oxygens (including phenoxy) is 1. The number of hydrogen-bond donors (Lipinski definition) is 1. The molecule has 2 aromatic rings. The van der Waals surface area contributed by atoms with Crippen molar-refractivity contribution in [2.24, 2.45) is 0 Å². The fraction of sp³-hybridized carbons (Fsp3) is 0.312. The molecule has 0 aliphatic rings. The molecule has 1 N–H and O–H groups in total. The zero-order valence-electron chi connectivity index (χ0n) is 11.8. The molecule has 3 nitrogen and oxygen atoms in total. The van der Waals surface area contributed by atoms with Crippen LogP contribution in [0.3, 0.4) is 0 Å². The summed E-state index contributed by atoms with van der Waals surface area (Å²) in [7, 11) is 1.90. The molecular weight excluding hydrogens is 272 g/mol. The first-order chi connectivity index (χ1) is 9.77. The molecule has 4 heteroatoms. The minimum Gasteiger partial charge on any atom is -0.493 e. The first kappa shape index (κ1) is 14.8. The van der Waals surface area contributed by atoms with Gasteiger partial charge >= 0.3 is 0 Å². The van der Waals surface area contributed by atoms with Crippen molar-refractivity contribution in [1.82, 2.24) is 10.3 Å². The van der Waals surface area contributed by atoms with E-state index in [2.05, 4.69) is 17.2 Å². The average Bonchev–Trinajstić information content (AvgIpc) is 2.49. The van der Waals surface area contributed by atoms with E-state index >= 15 is 0 Å². The highest BCUT2D eigenvalue weighted by molar-refractivity contribution is 6.31. The van der Waals surface area contributed by atoms with E-state index in [1.54, 1.807) is 6.20 Å². The average molecular weight is 291 g/mol. The lowest BCUT2D eigenvalue weighted by Crippen LogP contribution is -2.20. The van der Waals surface area contributed by atoms with Gasteiger partial charge in [-0.25, -0.2) is 0 Å². The number of halogens is 1. The second-order valence-corrected chi connectivity index (χ2v) is 4.89. The summed E-state index contributed by atoms with van der Waals surface area (Å²) in [6.45, 7) is 2.79. The predicted octanol–water partition coefficient (Wildman–Crippen LogP) is 3.83. The molecular formula is C16H19ClN2O. The smallest absolute Gasteiger partial charge is 0.124 e. The van der Waals surface area contributed by atoms with Crippen LogP contribution in [0.1, 0.15) is 30.6 Å². The molecule has 0 saturated carbocycles. The molecule has 106 valence electrons. The quantitative estimate of drug-likeness (QED) is 0.878. The van der Waals surface area contributed by atoms with Gasteiger partial charge in [0.25, 0.3) is 0 Å². The van der Waals surface area contributed by atoms with Crippen LogP contribution in [0.15, 0.2) is 42.6 Å². The van der Waals surface area contributed by atoms with Crippen LogP contribution in [0.5, 0.6) is 5.75 Å². The molecule has 1 heterocycles. The lowest BCUT2D eigenvalue weighted by atomic mass is 10.0. The molecule has 2 rings (SSSR count). The van der Waals surface area contributed by atoms with E-state index in [9.17, 15) is 0 Å². The van der Waals surface area contributed by atoms with Gasteiger partial charge in [0, 0.05) is 11.8 Å². The van der Waals surface area contributed by atoms with Gasteiger partial charge in [0.15, 0.2) is 0 Å². The second kappa shape index (κ2) is 7.27. The minimum absolute atomic E-state index is 0.0863. The van der Waals surface area contributed by atoms with E-state index < -0.39 is 0 Å². The molecule has 0 aliphatic heterocycles. The van der Waals surface area contributed by atoms with Crippen LogP contribution in [0, 0.1) is 0 Å². The molecule has 0 amide bonds. The van der Waals surface area contributed by atoms with Crippen molar-refractivity contribution < 1.29 is 4.74 Å². The number of nitrogens with one attached hydrogen (secondary N) is 1. The van der Waals surface area contributed by atoms with E-state index in [4.69, 9.17) is 16.3 Å². The van der Waals surface area contributed by atoms with Crippen molar-refractivity contribution in [3.05, 3.63) is 58.9 Å². The van der Waals surface area contributed by atoms with Gasteiger partial charge in [-0.05, 0) is 31.7 Å². The third kappa shape index (κ3) is 3.30. The summed E-state index contributed by atoms with van der Waals surface area (Å²) in [5.41, 5.74) is 1.85. The van der Waals surface area contributed by atoms with Crippen LogP contribution in [-0.4, -0.2) is 18.6 Å². The Kier molecular flexibility index (Phi) is 5.39. The van der Waals surface area contributed by atoms with E-state index in [1.165, 1.54) is 0 Å². The van der Waals surface area contributed by atoms with Crippen LogP contribution < -0.4 is 10.1 Å². The van der Waals surface area contributed by atoms with Gasteiger partial charge in [0.05, 0.1) is 23.4 Å². The number of hydrogen-bond acceptors (Lipinski definition) is 3. The Morgan fingerprint density at radius 1 is 1.25 bits per heavy atom. The first-order valence-corrected chi connectivity index (χ1v) is 7.15. The third-order valence-corrected chi connectivity index (χ3v) is 3.36. The standard InChI is InChI=1S/C16H19ClN2O/c1-3-11-20-14-9-5-4-7-12(14)15(18-2)16-13(17)8-6-10-19-16/h4-10,15,18H,3,11H2,1-2H3. The Bertz CT molecular complexity index is 560. The number of pyridine rings is 1. The summed E-state index contributed by atoms with van der Waals surface area (Å²) < 4.78 is 5.82. The molecule has 1 aromatic carbocycles. The van der Waals surface area contributed by atoms with Crippen LogP contribution in [0.2, 0.25) is 5.02 Å². The summed E-state index contributed by atoms with van der Waals surface area (Å²) in [6.07, 6.45) is 2.73. The number of para-hydroxylation sites is 1. The van der Waals surface area contributed by atoms with Gasteiger partial charge in [-0.15, -0.1) is 0 Å². The maximum Gasteiger partial charge on any atom is 0.124 e. The van der Waals surface area contributed by atoms with Gasteiger partial charge in [-0.3, -0.25) is 4.98 Å². The fourth-order valence-corrected chi connectivity index (χ4v) is 2.34. The second-order valence-electron chi connectivity index (χ2n) is 4.48. The van der Waals surface area contributed by atoms with E-state index in [1.807, 2.05) is 43.4 Å². The molecule has 1 aromatic heterocycles. The normalized spacial score (nSPS) is 12.2. The van der Waals surface area contributed by atoms with Gasteiger partial charge < -0.3 is 10.1 Å². The van der Waals surface area contributed by atoms with Crippen molar-refractivity contribution in [1.29, 1.82) is 0 Å². The zero-order valence-corrected chi connectivity index (χ0v) is 12.5. The Morgan fingerprint density at radius 3 is 2.75 bits per heavy atom. The highest BCUT2D eigenvalue weighted by atomic mass is 35.5. The Labute approximate surface area is 124 Å². The molecule has 1 atom stereocenters. The SMILES string of the molecule is CCCOc1ccccc1C(NC)c1ncccc1Cl.